The predicted octanol–water partition coefficient (Wildman–Crippen LogP) is 4.19. The molecule has 0 saturated carbocycles. The fourth-order valence-corrected chi connectivity index (χ4v) is 5.54. The van der Waals surface area contributed by atoms with Gasteiger partial charge in [0.1, 0.15) is 12.4 Å². The van der Waals surface area contributed by atoms with Crippen molar-refractivity contribution in [2.45, 2.75) is 59.1 Å². The van der Waals surface area contributed by atoms with Crippen molar-refractivity contribution < 1.29 is 17.9 Å². The summed E-state index contributed by atoms with van der Waals surface area (Å²) >= 11 is 0. The molecule has 7 nitrogen and oxygen atoms in total. The SMILES string of the molecule is Cc1c(C)c(C)c(S(=O)(=O)NCCC(=O)NCc2cccc(OCc3ccccn3)c2)c(C)c1C. The van der Waals surface area contributed by atoms with Crippen molar-refractivity contribution in [2.24, 2.45) is 0 Å². The fraction of sp³-hybridized carbons (Fsp3) is 0.333. The van der Waals surface area contributed by atoms with Crippen LogP contribution in [-0.2, 0) is 28.0 Å². The third-order valence-electron chi connectivity index (χ3n) is 6.35. The number of carbonyl (C=O) groups excluding carboxylic acids is 1. The maximum absolute atomic E-state index is 13.0. The number of hydrogen-bond acceptors (Lipinski definition) is 5. The lowest BCUT2D eigenvalue weighted by atomic mass is 9.95. The van der Waals surface area contributed by atoms with Gasteiger partial charge < -0.3 is 10.1 Å². The van der Waals surface area contributed by atoms with Gasteiger partial charge in [-0.1, -0.05) is 18.2 Å². The molecule has 1 aromatic heterocycles. The van der Waals surface area contributed by atoms with E-state index in [1.54, 1.807) is 6.20 Å². The summed E-state index contributed by atoms with van der Waals surface area (Å²) in [6.45, 7) is 10.2. The van der Waals surface area contributed by atoms with Crippen molar-refractivity contribution in [1.82, 2.24) is 15.0 Å². The van der Waals surface area contributed by atoms with Crippen molar-refractivity contribution >= 4 is 15.9 Å². The molecule has 3 rings (SSSR count). The van der Waals surface area contributed by atoms with Crippen LogP contribution in [0.2, 0.25) is 0 Å². The van der Waals surface area contributed by atoms with Gasteiger partial charge in [0.05, 0.1) is 10.6 Å². The van der Waals surface area contributed by atoms with Crippen molar-refractivity contribution in [3.8, 4) is 5.75 Å². The Bertz CT molecular complexity index is 1280. The molecule has 0 bridgehead atoms. The molecule has 2 aromatic carbocycles. The van der Waals surface area contributed by atoms with Gasteiger partial charge in [-0.2, -0.15) is 0 Å². The first-order chi connectivity index (χ1) is 16.6. The number of benzene rings is 2. The van der Waals surface area contributed by atoms with Crippen LogP contribution in [-0.4, -0.2) is 25.9 Å². The van der Waals surface area contributed by atoms with E-state index in [9.17, 15) is 13.2 Å². The topological polar surface area (TPSA) is 97.4 Å². The van der Waals surface area contributed by atoms with Gasteiger partial charge in [0, 0.05) is 25.7 Å². The van der Waals surface area contributed by atoms with Crippen LogP contribution in [0.5, 0.6) is 5.75 Å². The molecular weight excluding hydrogens is 462 g/mol. The van der Waals surface area contributed by atoms with Gasteiger partial charge in [0.2, 0.25) is 15.9 Å². The van der Waals surface area contributed by atoms with Crippen LogP contribution in [0.3, 0.4) is 0 Å². The highest BCUT2D eigenvalue weighted by Crippen LogP contribution is 2.29. The molecule has 0 saturated heterocycles. The Balaban J connectivity index is 1.52. The van der Waals surface area contributed by atoms with Crippen molar-refractivity contribution in [1.29, 1.82) is 0 Å². The summed E-state index contributed by atoms with van der Waals surface area (Å²) in [4.78, 5) is 16.9. The Hall–Kier alpha value is -3.23. The number of pyridine rings is 1. The molecule has 0 unspecified atom stereocenters. The van der Waals surface area contributed by atoms with E-state index in [2.05, 4.69) is 15.0 Å². The van der Waals surface area contributed by atoms with Crippen LogP contribution in [0, 0.1) is 34.6 Å². The third-order valence-corrected chi connectivity index (χ3v) is 8.08. The lowest BCUT2D eigenvalue weighted by Crippen LogP contribution is -2.31. The molecule has 2 N–H and O–H groups in total. The summed E-state index contributed by atoms with van der Waals surface area (Å²) in [5.41, 5.74) is 6.24. The van der Waals surface area contributed by atoms with Crippen LogP contribution in [0.1, 0.15) is 45.5 Å². The summed E-state index contributed by atoms with van der Waals surface area (Å²) < 4.78 is 34.3. The highest BCUT2D eigenvalue weighted by Gasteiger charge is 2.23. The second-order valence-electron chi connectivity index (χ2n) is 8.64. The molecule has 8 heteroatoms. The molecule has 1 heterocycles. The van der Waals surface area contributed by atoms with E-state index in [4.69, 9.17) is 4.74 Å². The molecule has 0 aliphatic carbocycles. The normalized spacial score (nSPS) is 11.3. The average Bonchev–Trinajstić information content (AvgIpc) is 2.84. The molecule has 3 aromatic rings. The second-order valence-corrected chi connectivity index (χ2v) is 10.3. The summed E-state index contributed by atoms with van der Waals surface area (Å²) in [6.07, 6.45) is 1.76. The van der Waals surface area contributed by atoms with E-state index in [0.29, 0.717) is 23.8 Å². The molecule has 0 aliphatic heterocycles. The van der Waals surface area contributed by atoms with Gasteiger partial charge in [-0.3, -0.25) is 9.78 Å². The molecular formula is C27H33N3O4S. The van der Waals surface area contributed by atoms with E-state index in [0.717, 1.165) is 39.1 Å². The van der Waals surface area contributed by atoms with E-state index in [-0.39, 0.29) is 18.9 Å². The highest BCUT2D eigenvalue weighted by atomic mass is 32.2. The quantitative estimate of drug-likeness (QED) is 0.440. The molecule has 0 fully saturated rings. The van der Waals surface area contributed by atoms with E-state index >= 15 is 0 Å². The van der Waals surface area contributed by atoms with E-state index in [1.807, 2.05) is 77.1 Å². The van der Waals surface area contributed by atoms with E-state index in [1.165, 1.54) is 0 Å². The lowest BCUT2D eigenvalue weighted by Gasteiger charge is -2.19. The van der Waals surface area contributed by atoms with Crippen molar-refractivity contribution in [3.05, 3.63) is 87.7 Å². The third kappa shape index (κ3) is 6.68. The minimum absolute atomic E-state index is 0.0201. The highest BCUT2D eigenvalue weighted by molar-refractivity contribution is 7.89. The van der Waals surface area contributed by atoms with Gasteiger partial charge in [-0.05, 0) is 92.3 Å². The van der Waals surface area contributed by atoms with Crippen LogP contribution in [0.15, 0.2) is 53.6 Å². The maximum atomic E-state index is 13.0. The Morgan fingerprint density at radius 3 is 2.26 bits per heavy atom. The minimum atomic E-state index is -3.73. The molecule has 1 amide bonds. The number of hydrogen-bond donors (Lipinski definition) is 2. The zero-order chi connectivity index (χ0) is 25.6. The summed E-state index contributed by atoms with van der Waals surface area (Å²) in [7, 11) is -3.73. The maximum Gasteiger partial charge on any atom is 0.241 e. The first-order valence-corrected chi connectivity index (χ1v) is 13.0. The van der Waals surface area contributed by atoms with Gasteiger partial charge in [-0.25, -0.2) is 13.1 Å². The van der Waals surface area contributed by atoms with Crippen LogP contribution in [0.4, 0.5) is 0 Å². The second kappa shape index (κ2) is 11.5. The van der Waals surface area contributed by atoms with Crippen LogP contribution in [0.25, 0.3) is 0 Å². The Kier molecular flexibility index (Phi) is 8.64. The van der Waals surface area contributed by atoms with Crippen LogP contribution >= 0.6 is 0 Å². The number of aromatic nitrogens is 1. The number of ether oxygens (including phenoxy) is 1. The molecule has 0 spiro atoms. The number of rotatable bonds is 10. The van der Waals surface area contributed by atoms with Gasteiger partial charge >= 0.3 is 0 Å². The van der Waals surface area contributed by atoms with Gasteiger partial charge in [0.25, 0.3) is 0 Å². The summed E-state index contributed by atoms with van der Waals surface area (Å²) in [5, 5.41) is 2.83. The van der Waals surface area contributed by atoms with Crippen molar-refractivity contribution in [3.63, 3.8) is 0 Å². The predicted molar refractivity (Wildman–Crippen MR) is 137 cm³/mol. The first-order valence-electron chi connectivity index (χ1n) is 11.5. The molecule has 0 radical (unpaired) electrons. The molecule has 0 atom stereocenters. The Labute approximate surface area is 208 Å². The number of amides is 1. The minimum Gasteiger partial charge on any atom is -0.487 e. The van der Waals surface area contributed by atoms with Gasteiger partial charge in [-0.15, -0.1) is 0 Å². The number of carbonyl (C=O) groups is 1. The standard InChI is InChI=1S/C27H33N3O4S/c1-18-19(2)21(4)27(22(5)20(18)3)35(32,33)30-14-12-26(31)29-16-23-9-8-11-25(15-23)34-17-24-10-6-7-13-28-24/h6-11,13,15,30H,12,14,16-17H2,1-5H3,(H,29,31). The first kappa shape index (κ1) is 26.4. The van der Waals surface area contributed by atoms with Gasteiger partial charge in [0.15, 0.2) is 0 Å². The summed E-state index contributed by atoms with van der Waals surface area (Å²) in [6, 6.07) is 13.1. The lowest BCUT2D eigenvalue weighted by molar-refractivity contribution is -0.121. The average molecular weight is 496 g/mol. The number of sulfonamides is 1. The smallest absolute Gasteiger partial charge is 0.241 e. The van der Waals surface area contributed by atoms with Crippen LogP contribution < -0.4 is 14.8 Å². The molecule has 35 heavy (non-hydrogen) atoms. The Morgan fingerprint density at radius 1 is 0.914 bits per heavy atom. The zero-order valence-corrected chi connectivity index (χ0v) is 21.8. The number of nitrogens with one attached hydrogen (secondary N) is 2. The molecule has 186 valence electrons. The summed E-state index contributed by atoms with van der Waals surface area (Å²) in [5.74, 6) is 0.446. The number of nitrogens with zero attached hydrogens (tertiary/aromatic N) is 1. The molecule has 0 aliphatic rings. The largest absolute Gasteiger partial charge is 0.487 e. The zero-order valence-electron chi connectivity index (χ0n) is 20.9. The Morgan fingerprint density at radius 2 is 1.60 bits per heavy atom. The van der Waals surface area contributed by atoms with Crippen molar-refractivity contribution in [2.75, 3.05) is 6.54 Å². The monoisotopic (exact) mass is 495 g/mol. The fourth-order valence-electron chi connectivity index (χ4n) is 3.91. The van der Waals surface area contributed by atoms with E-state index < -0.39 is 10.0 Å².